The van der Waals surface area contributed by atoms with Crippen molar-refractivity contribution >= 4 is 5.91 Å². The minimum absolute atomic E-state index is 0.147. The van der Waals surface area contributed by atoms with Gasteiger partial charge >= 0.3 is 0 Å². The molecule has 0 N–H and O–H groups in total. The van der Waals surface area contributed by atoms with Gasteiger partial charge in [-0.1, -0.05) is 0 Å². The highest BCUT2D eigenvalue weighted by molar-refractivity contribution is 5.77. The second-order valence-corrected chi connectivity index (χ2v) is 6.23. The third-order valence-electron chi connectivity index (χ3n) is 4.28. The van der Waals surface area contributed by atoms with Gasteiger partial charge in [0.25, 0.3) is 0 Å². The zero-order valence-corrected chi connectivity index (χ0v) is 13.5. The van der Waals surface area contributed by atoms with Crippen molar-refractivity contribution in [2.45, 2.75) is 19.6 Å². The van der Waals surface area contributed by atoms with Gasteiger partial charge < -0.3 is 14.2 Å². The molecule has 22 heavy (non-hydrogen) atoms. The summed E-state index contributed by atoms with van der Waals surface area (Å²) in [6.45, 7) is 7.51. The SMILES string of the molecule is CN(C)C(=O)CN1CCn2cc(CN3CCOCC3)nc2C1. The molecular weight excluding hydrogens is 282 g/mol. The molecule has 2 aliphatic heterocycles. The van der Waals surface area contributed by atoms with Crippen LogP contribution in [-0.4, -0.2) is 83.6 Å². The number of hydrogen-bond acceptors (Lipinski definition) is 5. The summed E-state index contributed by atoms with van der Waals surface area (Å²) in [5.74, 6) is 1.22. The van der Waals surface area contributed by atoms with Crippen LogP contribution >= 0.6 is 0 Å². The van der Waals surface area contributed by atoms with E-state index in [1.165, 1.54) is 0 Å². The van der Waals surface area contributed by atoms with E-state index < -0.39 is 0 Å². The molecule has 1 saturated heterocycles. The maximum Gasteiger partial charge on any atom is 0.236 e. The van der Waals surface area contributed by atoms with Crippen molar-refractivity contribution in [3.63, 3.8) is 0 Å². The summed E-state index contributed by atoms with van der Waals surface area (Å²) in [7, 11) is 3.60. The lowest BCUT2D eigenvalue weighted by atomic mass is 10.3. The lowest BCUT2D eigenvalue weighted by Gasteiger charge is -2.27. The molecule has 0 aliphatic carbocycles. The number of likely N-dealkylation sites (N-methyl/N-ethyl adjacent to an activating group) is 1. The zero-order chi connectivity index (χ0) is 15.5. The molecule has 0 radical (unpaired) electrons. The second-order valence-electron chi connectivity index (χ2n) is 6.23. The molecule has 1 amide bonds. The minimum atomic E-state index is 0.147. The summed E-state index contributed by atoms with van der Waals surface area (Å²) >= 11 is 0. The van der Waals surface area contributed by atoms with Gasteiger partial charge in [-0.15, -0.1) is 0 Å². The largest absolute Gasteiger partial charge is 0.379 e. The Morgan fingerprint density at radius 2 is 2.00 bits per heavy atom. The van der Waals surface area contributed by atoms with Gasteiger partial charge in [0.05, 0.1) is 32.0 Å². The van der Waals surface area contributed by atoms with Crippen molar-refractivity contribution in [1.29, 1.82) is 0 Å². The van der Waals surface area contributed by atoms with E-state index in [1.54, 1.807) is 19.0 Å². The summed E-state index contributed by atoms with van der Waals surface area (Å²) < 4.78 is 7.61. The number of carbonyl (C=O) groups is 1. The van der Waals surface area contributed by atoms with Gasteiger partial charge in [-0.05, 0) is 0 Å². The first kappa shape index (κ1) is 15.5. The van der Waals surface area contributed by atoms with Crippen LogP contribution in [0.1, 0.15) is 11.5 Å². The quantitative estimate of drug-likeness (QED) is 0.759. The van der Waals surface area contributed by atoms with Crippen LogP contribution in [0.4, 0.5) is 0 Å². The molecule has 122 valence electrons. The fraction of sp³-hybridized carbons (Fsp3) is 0.733. The minimum Gasteiger partial charge on any atom is -0.379 e. The normalized spacial score (nSPS) is 19.9. The van der Waals surface area contributed by atoms with Gasteiger partial charge in [0.2, 0.25) is 5.91 Å². The third-order valence-corrected chi connectivity index (χ3v) is 4.28. The van der Waals surface area contributed by atoms with Crippen LogP contribution in [0.25, 0.3) is 0 Å². The Kier molecular flexibility index (Phi) is 4.75. The van der Waals surface area contributed by atoms with Gasteiger partial charge in [-0.2, -0.15) is 0 Å². The van der Waals surface area contributed by atoms with E-state index in [4.69, 9.17) is 9.72 Å². The Morgan fingerprint density at radius 1 is 1.23 bits per heavy atom. The highest BCUT2D eigenvalue weighted by Crippen LogP contribution is 2.14. The number of imidazole rings is 1. The molecule has 0 saturated carbocycles. The predicted molar refractivity (Wildman–Crippen MR) is 82.3 cm³/mol. The highest BCUT2D eigenvalue weighted by Gasteiger charge is 2.22. The van der Waals surface area contributed by atoms with Crippen molar-refractivity contribution in [3.05, 3.63) is 17.7 Å². The summed E-state index contributed by atoms with van der Waals surface area (Å²) in [6.07, 6.45) is 2.16. The number of carbonyl (C=O) groups excluding carboxylic acids is 1. The van der Waals surface area contributed by atoms with E-state index in [0.717, 1.165) is 64.0 Å². The van der Waals surface area contributed by atoms with E-state index in [0.29, 0.717) is 6.54 Å². The fourth-order valence-electron chi connectivity index (χ4n) is 2.89. The number of nitrogens with zero attached hydrogens (tertiary/aromatic N) is 5. The molecule has 1 fully saturated rings. The number of morpholine rings is 1. The van der Waals surface area contributed by atoms with Crippen LogP contribution in [0.5, 0.6) is 0 Å². The molecule has 1 aromatic rings. The predicted octanol–water partition coefficient (Wildman–Crippen LogP) is -0.381. The molecule has 7 nitrogen and oxygen atoms in total. The topological polar surface area (TPSA) is 53.8 Å². The Morgan fingerprint density at radius 3 is 2.73 bits per heavy atom. The summed E-state index contributed by atoms with van der Waals surface area (Å²) in [5, 5.41) is 0. The first-order chi connectivity index (χ1) is 10.6. The van der Waals surface area contributed by atoms with Crippen molar-refractivity contribution in [2.75, 3.05) is 53.5 Å². The molecule has 0 spiro atoms. The molecule has 0 atom stereocenters. The summed E-state index contributed by atoms with van der Waals surface area (Å²) in [6, 6.07) is 0. The molecule has 0 bridgehead atoms. The number of ether oxygens (including phenoxy) is 1. The highest BCUT2D eigenvalue weighted by atomic mass is 16.5. The van der Waals surface area contributed by atoms with E-state index in [2.05, 4.69) is 20.6 Å². The Balaban J connectivity index is 1.59. The van der Waals surface area contributed by atoms with E-state index >= 15 is 0 Å². The molecule has 0 unspecified atom stereocenters. The maximum absolute atomic E-state index is 11.8. The average Bonchev–Trinajstić information content (AvgIpc) is 2.89. The number of aromatic nitrogens is 2. The molecule has 3 rings (SSSR count). The van der Waals surface area contributed by atoms with Gasteiger partial charge in [0.15, 0.2) is 0 Å². The number of fused-ring (bicyclic) bond motifs is 1. The van der Waals surface area contributed by atoms with Gasteiger partial charge in [0, 0.05) is 53.0 Å². The molecule has 2 aliphatic rings. The molecular formula is C15H25N5O2. The van der Waals surface area contributed by atoms with Crippen molar-refractivity contribution < 1.29 is 9.53 Å². The van der Waals surface area contributed by atoms with Crippen LogP contribution in [0.2, 0.25) is 0 Å². The maximum atomic E-state index is 11.8. The molecule has 0 aromatic carbocycles. The molecule has 1 aromatic heterocycles. The fourth-order valence-corrected chi connectivity index (χ4v) is 2.89. The van der Waals surface area contributed by atoms with Crippen molar-refractivity contribution in [3.8, 4) is 0 Å². The standard InChI is InChI=1S/C15H25N5O2/c1-17(2)15(21)12-19-3-4-20-10-13(16-14(20)11-19)9-18-5-7-22-8-6-18/h10H,3-9,11-12H2,1-2H3. The average molecular weight is 307 g/mol. The second kappa shape index (κ2) is 6.76. The van der Waals surface area contributed by atoms with Gasteiger partial charge in [-0.3, -0.25) is 14.6 Å². The lowest BCUT2D eigenvalue weighted by Crippen LogP contribution is -2.40. The van der Waals surface area contributed by atoms with Crippen molar-refractivity contribution in [2.24, 2.45) is 0 Å². The molecule has 7 heteroatoms. The van der Waals surface area contributed by atoms with Crippen LogP contribution in [0, 0.1) is 0 Å². The lowest BCUT2D eigenvalue weighted by molar-refractivity contribution is -0.130. The van der Waals surface area contributed by atoms with Crippen LogP contribution < -0.4 is 0 Å². The summed E-state index contributed by atoms with van der Waals surface area (Å²) in [5.41, 5.74) is 1.12. The third kappa shape index (κ3) is 3.66. The Hall–Kier alpha value is -1.44. The van der Waals surface area contributed by atoms with Gasteiger partial charge in [-0.25, -0.2) is 4.98 Å². The first-order valence-electron chi connectivity index (χ1n) is 7.89. The molecule has 3 heterocycles. The van der Waals surface area contributed by atoms with Crippen LogP contribution in [-0.2, 0) is 29.2 Å². The number of rotatable bonds is 4. The van der Waals surface area contributed by atoms with E-state index in [1.807, 2.05) is 0 Å². The number of hydrogen-bond donors (Lipinski definition) is 0. The van der Waals surface area contributed by atoms with Gasteiger partial charge in [0.1, 0.15) is 5.82 Å². The van der Waals surface area contributed by atoms with Crippen LogP contribution in [0.15, 0.2) is 6.20 Å². The Bertz CT molecular complexity index is 522. The zero-order valence-electron chi connectivity index (χ0n) is 13.5. The van der Waals surface area contributed by atoms with E-state index in [9.17, 15) is 4.79 Å². The smallest absolute Gasteiger partial charge is 0.236 e. The Labute approximate surface area is 131 Å². The van der Waals surface area contributed by atoms with Crippen molar-refractivity contribution in [1.82, 2.24) is 24.3 Å². The van der Waals surface area contributed by atoms with E-state index in [-0.39, 0.29) is 5.91 Å². The first-order valence-corrected chi connectivity index (χ1v) is 7.89. The monoisotopic (exact) mass is 307 g/mol. The van der Waals surface area contributed by atoms with Crippen LogP contribution in [0.3, 0.4) is 0 Å². The summed E-state index contributed by atoms with van der Waals surface area (Å²) in [4.78, 5) is 22.8. The number of amides is 1.